The number of piperidine rings is 1. The highest BCUT2D eigenvalue weighted by molar-refractivity contribution is 9.10. The van der Waals surface area contributed by atoms with Crippen LogP contribution in [0.2, 0.25) is 0 Å². The second-order valence-electron chi connectivity index (χ2n) is 5.89. The van der Waals surface area contributed by atoms with Crippen LogP contribution in [0, 0.1) is 5.41 Å². The van der Waals surface area contributed by atoms with Gasteiger partial charge >= 0.3 is 0 Å². The van der Waals surface area contributed by atoms with Crippen molar-refractivity contribution in [3.63, 3.8) is 0 Å². The molecular weight excluding hydrogens is 320 g/mol. The summed E-state index contributed by atoms with van der Waals surface area (Å²) in [6.45, 7) is 0. The first-order chi connectivity index (χ1) is 9.51. The summed E-state index contributed by atoms with van der Waals surface area (Å²) in [5.41, 5.74) is 6.83. The van der Waals surface area contributed by atoms with Gasteiger partial charge in [-0.15, -0.1) is 0 Å². The number of benzene rings is 1. The van der Waals surface area contributed by atoms with Gasteiger partial charge in [0.1, 0.15) is 0 Å². The molecule has 1 aromatic carbocycles. The summed E-state index contributed by atoms with van der Waals surface area (Å²) < 4.78 is 0.836. The smallest absolute Gasteiger partial charge is 0.234 e. The zero-order valence-electron chi connectivity index (χ0n) is 11.2. The number of nitrogens with zero attached hydrogens (tertiary/aromatic N) is 1. The summed E-state index contributed by atoms with van der Waals surface area (Å²) in [5.74, 6) is -0.227. The van der Waals surface area contributed by atoms with Crippen LogP contribution in [0.5, 0.6) is 0 Å². The van der Waals surface area contributed by atoms with Crippen LogP contribution >= 0.6 is 15.9 Å². The average Bonchev–Trinajstić information content (AvgIpc) is 2.79. The predicted octanol–water partition coefficient (Wildman–Crippen LogP) is 3.25. The van der Waals surface area contributed by atoms with Crippen molar-refractivity contribution >= 4 is 39.1 Å². The third-order valence-corrected chi connectivity index (χ3v) is 4.94. The van der Waals surface area contributed by atoms with Gasteiger partial charge < -0.3 is 5.73 Å². The largest absolute Gasteiger partial charge is 0.397 e. The number of anilines is 2. The van der Waals surface area contributed by atoms with Crippen molar-refractivity contribution in [1.82, 2.24) is 0 Å². The minimum atomic E-state index is -0.114. The molecule has 20 heavy (non-hydrogen) atoms. The summed E-state index contributed by atoms with van der Waals surface area (Å²) in [7, 11) is 0. The van der Waals surface area contributed by atoms with Crippen LogP contribution in [0.4, 0.5) is 11.4 Å². The Morgan fingerprint density at radius 3 is 2.25 bits per heavy atom. The highest BCUT2D eigenvalue weighted by atomic mass is 79.9. The molecule has 0 bridgehead atoms. The Bertz CT molecular complexity index is 559. The number of imide groups is 1. The summed E-state index contributed by atoms with van der Waals surface area (Å²) >= 11 is 3.33. The number of nitrogen functional groups attached to an aromatic ring is 1. The molecule has 0 unspecified atom stereocenters. The van der Waals surface area contributed by atoms with Gasteiger partial charge in [0.25, 0.3) is 0 Å². The molecule has 0 atom stereocenters. The lowest BCUT2D eigenvalue weighted by Gasteiger charge is -2.37. The van der Waals surface area contributed by atoms with Gasteiger partial charge in [-0.1, -0.05) is 28.8 Å². The van der Waals surface area contributed by atoms with E-state index < -0.39 is 0 Å². The van der Waals surface area contributed by atoms with E-state index in [1.165, 1.54) is 4.90 Å². The SMILES string of the molecule is Nc1cc(Br)ccc1N1C(=O)CC2(CCCC2)CC1=O. The standard InChI is InChI=1S/C15H17BrN2O2/c16-10-3-4-12(11(17)7-10)18-13(19)8-15(9-14(18)20)5-1-2-6-15/h3-4,7H,1-2,5-6,8-9,17H2. The first kappa shape index (κ1) is 13.6. The van der Waals surface area contributed by atoms with E-state index >= 15 is 0 Å². The van der Waals surface area contributed by atoms with Crippen molar-refractivity contribution in [1.29, 1.82) is 0 Å². The van der Waals surface area contributed by atoms with Gasteiger partial charge in [-0.05, 0) is 36.5 Å². The van der Waals surface area contributed by atoms with Gasteiger partial charge in [0.15, 0.2) is 0 Å². The van der Waals surface area contributed by atoms with Gasteiger partial charge in [0.2, 0.25) is 11.8 Å². The van der Waals surface area contributed by atoms with E-state index in [2.05, 4.69) is 15.9 Å². The second kappa shape index (κ2) is 4.88. The summed E-state index contributed by atoms with van der Waals surface area (Å²) in [5, 5.41) is 0. The third-order valence-electron chi connectivity index (χ3n) is 4.45. The molecule has 106 valence electrons. The Balaban J connectivity index is 1.91. The molecule has 0 radical (unpaired) electrons. The molecule has 1 aromatic rings. The van der Waals surface area contributed by atoms with Crippen LogP contribution in [-0.4, -0.2) is 11.8 Å². The maximum absolute atomic E-state index is 12.4. The van der Waals surface area contributed by atoms with Crippen LogP contribution in [-0.2, 0) is 9.59 Å². The molecular formula is C15H17BrN2O2. The van der Waals surface area contributed by atoms with E-state index in [0.717, 1.165) is 30.2 Å². The molecule has 2 N–H and O–H groups in total. The number of halogens is 1. The maximum atomic E-state index is 12.4. The second-order valence-corrected chi connectivity index (χ2v) is 6.80. The zero-order valence-corrected chi connectivity index (χ0v) is 12.8. The highest BCUT2D eigenvalue weighted by Crippen LogP contribution is 2.48. The molecule has 2 amide bonds. The molecule has 1 saturated heterocycles. The fourth-order valence-corrected chi connectivity index (χ4v) is 3.86. The minimum Gasteiger partial charge on any atom is -0.397 e. The van der Waals surface area contributed by atoms with Crippen molar-refractivity contribution < 1.29 is 9.59 Å². The molecule has 1 heterocycles. The molecule has 1 spiro atoms. The minimum absolute atomic E-state index is 0.0746. The number of amides is 2. The molecule has 4 nitrogen and oxygen atoms in total. The van der Waals surface area contributed by atoms with Crippen LogP contribution < -0.4 is 10.6 Å². The van der Waals surface area contributed by atoms with Gasteiger partial charge in [0.05, 0.1) is 11.4 Å². The van der Waals surface area contributed by atoms with Gasteiger partial charge in [-0.2, -0.15) is 0 Å². The lowest BCUT2D eigenvalue weighted by molar-refractivity contribution is -0.133. The van der Waals surface area contributed by atoms with E-state index in [9.17, 15) is 9.59 Å². The first-order valence-electron chi connectivity index (χ1n) is 6.92. The fraction of sp³-hybridized carbons (Fsp3) is 0.467. The topological polar surface area (TPSA) is 63.4 Å². The number of rotatable bonds is 1. The molecule has 5 heteroatoms. The molecule has 1 aliphatic carbocycles. The molecule has 0 aromatic heterocycles. The van der Waals surface area contributed by atoms with Gasteiger partial charge in [-0.25, -0.2) is 4.90 Å². The predicted molar refractivity (Wildman–Crippen MR) is 81.2 cm³/mol. The summed E-state index contributed by atoms with van der Waals surface area (Å²) in [4.78, 5) is 26.2. The lowest BCUT2D eigenvalue weighted by atomic mass is 9.76. The van der Waals surface area contributed by atoms with Crippen LogP contribution in [0.25, 0.3) is 0 Å². The molecule has 1 saturated carbocycles. The Kier molecular flexibility index (Phi) is 3.32. The number of hydrogen-bond donors (Lipinski definition) is 1. The van der Waals surface area contributed by atoms with Crippen molar-refractivity contribution in [3.8, 4) is 0 Å². The maximum Gasteiger partial charge on any atom is 0.234 e. The van der Waals surface area contributed by atoms with Crippen LogP contribution in [0.3, 0.4) is 0 Å². The summed E-state index contributed by atoms with van der Waals surface area (Å²) in [6.07, 6.45) is 5.17. The highest BCUT2D eigenvalue weighted by Gasteiger charge is 2.45. The quantitative estimate of drug-likeness (QED) is 0.632. The third kappa shape index (κ3) is 2.24. The Hall–Kier alpha value is -1.36. The van der Waals surface area contributed by atoms with Crippen LogP contribution in [0.15, 0.2) is 22.7 Å². The van der Waals surface area contributed by atoms with Crippen molar-refractivity contribution in [2.45, 2.75) is 38.5 Å². The summed E-state index contributed by atoms with van der Waals surface area (Å²) in [6, 6.07) is 5.24. The Morgan fingerprint density at radius 2 is 1.70 bits per heavy atom. The first-order valence-corrected chi connectivity index (χ1v) is 7.71. The van der Waals surface area contributed by atoms with Gasteiger partial charge in [-0.3, -0.25) is 9.59 Å². The zero-order chi connectivity index (χ0) is 14.3. The van der Waals surface area contributed by atoms with E-state index in [-0.39, 0.29) is 17.2 Å². The normalized spacial score (nSPS) is 21.8. The molecule has 2 aliphatic rings. The van der Waals surface area contributed by atoms with E-state index in [4.69, 9.17) is 5.73 Å². The molecule has 3 rings (SSSR count). The number of hydrogen-bond acceptors (Lipinski definition) is 3. The van der Waals surface area contributed by atoms with E-state index in [1.807, 2.05) is 0 Å². The monoisotopic (exact) mass is 336 g/mol. The van der Waals surface area contributed by atoms with Crippen molar-refractivity contribution in [2.75, 3.05) is 10.6 Å². The van der Waals surface area contributed by atoms with Crippen molar-refractivity contribution in [3.05, 3.63) is 22.7 Å². The van der Waals surface area contributed by atoms with E-state index in [1.54, 1.807) is 18.2 Å². The number of carbonyl (C=O) groups excluding carboxylic acids is 2. The molecule has 1 aliphatic heterocycles. The number of nitrogens with two attached hydrogens (primary N) is 1. The number of carbonyl (C=O) groups is 2. The van der Waals surface area contributed by atoms with Crippen molar-refractivity contribution in [2.24, 2.45) is 5.41 Å². The Labute approximate surface area is 126 Å². The lowest BCUT2D eigenvalue weighted by Crippen LogP contribution is -2.47. The fourth-order valence-electron chi connectivity index (χ4n) is 3.48. The molecule has 2 fully saturated rings. The van der Waals surface area contributed by atoms with E-state index in [0.29, 0.717) is 24.2 Å². The Morgan fingerprint density at radius 1 is 1.10 bits per heavy atom. The average molecular weight is 337 g/mol. The van der Waals surface area contributed by atoms with Gasteiger partial charge in [0, 0.05) is 17.3 Å². The van der Waals surface area contributed by atoms with Crippen LogP contribution in [0.1, 0.15) is 38.5 Å².